The standard InChI is InChI=1S/C17H19ClN4O3S/c18-11-4-3-7-13(8-11)20-16(24)17-22-21-15(26-17)10-25-9-14(23)19-12-5-1-2-6-12/h3-4,7-8,12H,1-2,5-6,9-10H2,(H,19,23)(H,20,24). The zero-order chi connectivity index (χ0) is 18.4. The van der Waals surface area contributed by atoms with Crippen LogP contribution in [-0.2, 0) is 16.1 Å². The van der Waals surface area contributed by atoms with Gasteiger partial charge in [-0.15, -0.1) is 10.2 Å². The average Bonchev–Trinajstić information content (AvgIpc) is 3.27. The number of nitrogens with zero attached hydrogens (tertiary/aromatic N) is 2. The molecule has 1 aliphatic rings. The second-order valence-electron chi connectivity index (χ2n) is 6.01. The van der Waals surface area contributed by atoms with Crippen molar-refractivity contribution in [3.63, 3.8) is 0 Å². The lowest BCUT2D eigenvalue weighted by atomic mass is 10.2. The van der Waals surface area contributed by atoms with Crippen molar-refractivity contribution in [2.24, 2.45) is 0 Å². The number of aromatic nitrogens is 2. The number of hydrogen-bond donors (Lipinski definition) is 2. The van der Waals surface area contributed by atoms with Crippen LogP contribution < -0.4 is 10.6 Å². The molecule has 0 spiro atoms. The molecule has 3 rings (SSSR count). The van der Waals surface area contributed by atoms with Crippen LogP contribution in [-0.4, -0.2) is 34.7 Å². The summed E-state index contributed by atoms with van der Waals surface area (Å²) in [5.41, 5.74) is 0.582. The normalized spacial score (nSPS) is 14.3. The highest BCUT2D eigenvalue weighted by Gasteiger charge is 2.17. The van der Waals surface area contributed by atoms with E-state index in [1.54, 1.807) is 24.3 Å². The summed E-state index contributed by atoms with van der Waals surface area (Å²) < 4.78 is 5.37. The molecule has 1 saturated carbocycles. The molecule has 1 heterocycles. The quantitative estimate of drug-likeness (QED) is 0.752. The predicted molar refractivity (Wildman–Crippen MR) is 99.4 cm³/mol. The Hall–Kier alpha value is -2.03. The first-order valence-corrected chi connectivity index (χ1v) is 9.56. The molecule has 7 nitrogen and oxygen atoms in total. The lowest BCUT2D eigenvalue weighted by Crippen LogP contribution is -2.35. The maximum Gasteiger partial charge on any atom is 0.286 e. The number of rotatable bonds is 7. The van der Waals surface area contributed by atoms with E-state index < -0.39 is 0 Å². The highest BCUT2D eigenvalue weighted by atomic mass is 35.5. The van der Waals surface area contributed by atoms with Gasteiger partial charge in [-0.3, -0.25) is 9.59 Å². The molecular weight excluding hydrogens is 376 g/mol. The molecule has 0 radical (unpaired) electrons. The Kier molecular flexibility index (Phi) is 6.54. The van der Waals surface area contributed by atoms with Crippen molar-refractivity contribution in [3.05, 3.63) is 39.3 Å². The number of benzene rings is 1. The van der Waals surface area contributed by atoms with Crippen LogP contribution in [0, 0.1) is 0 Å². The van der Waals surface area contributed by atoms with Gasteiger partial charge in [0.05, 0.1) is 0 Å². The highest BCUT2D eigenvalue weighted by Crippen LogP contribution is 2.18. The minimum Gasteiger partial charge on any atom is -0.364 e. The van der Waals surface area contributed by atoms with Crippen LogP contribution >= 0.6 is 22.9 Å². The fourth-order valence-corrected chi connectivity index (χ4v) is 3.59. The van der Waals surface area contributed by atoms with E-state index in [-0.39, 0.29) is 36.1 Å². The van der Waals surface area contributed by atoms with Gasteiger partial charge in [0.15, 0.2) is 0 Å². The van der Waals surface area contributed by atoms with Crippen molar-refractivity contribution in [1.82, 2.24) is 15.5 Å². The molecule has 1 aromatic heterocycles. The Labute approximate surface area is 160 Å². The summed E-state index contributed by atoms with van der Waals surface area (Å²) in [5, 5.41) is 14.7. The fraction of sp³-hybridized carbons (Fsp3) is 0.412. The van der Waals surface area contributed by atoms with E-state index in [0.29, 0.717) is 15.7 Å². The highest BCUT2D eigenvalue weighted by molar-refractivity contribution is 7.13. The first-order chi connectivity index (χ1) is 12.6. The number of hydrogen-bond acceptors (Lipinski definition) is 6. The largest absolute Gasteiger partial charge is 0.364 e. The minimum atomic E-state index is -0.366. The van der Waals surface area contributed by atoms with Crippen LogP contribution in [0.5, 0.6) is 0 Å². The van der Waals surface area contributed by atoms with Crippen molar-refractivity contribution in [3.8, 4) is 0 Å². The summed E-state index contributed by atoms with van der Waals surface area (Å²) in [6, 6.07) is 7.12. The van der Waals surface area contributed by atoms with Gasteiger partial charge < -0.3 is 15.4 Å². The number of carbonyl (C=O) groups excluding carboxylic acids is 2. The van der Waals surface area contributed by atoms with Gasteiger partial charge in [0, 0.05) is 16.8 Å². The maximum atomic E-state index is 12.2. The van der Waals surface area contributed by atoms with E-state index in [0.717, 1.165) is 37.0 Å². The van der Waals surface area contributed by atoms with Crippen molar-refractivity contribution in [2.45, 2.75) is 38.3 Å². The third kappa shape index (κ3) is 5.48. The summed E-state index contributed by atoms with van der Waals surface area (Å²) in [7, 11) is 0. The molecule has 26 heavy (non-hydrogen) atoms. The molecule has 9 heteroatoms. The van der Waals surface area contributed by atoms with E-state index in [1.165, 1.54) is 0 Å². The number of ether oxygens (including phenoxy) is 1. The molecule has 0 atom stereocenters. The smallest absolute Gasteiger partial charge is 0.286 e. The molecule has 0 saturated heterocycles. The Morgan fingerprint density at radius 1 is 1.27 bits per heavy atom. The Balaban J connectivity index is 1.43. The SMILES string of the molecule is O=C(COCc1nnc(C(=O)Nc2cccc(Cl)c2)s1)NC1CCCC1. The summed E-state index contributed by atoms with van der Waals surface area (Å²) in [6.07, 6.45) is 4.40. The molecular formula is C17H19ClN4O3S. The molecule has 0 aliphatic heterocycles. The second-order valence-corrected chi connectivity index (χ2v) is 7.51. The van der Waals surface area contributed by atoms with Gasteiger partial charge in [-0.1, -0.05) is 41.8 Å². The van der Waals surface area contributed by atoms with Gasteiger partial charge in [0.2, 0.25) is 10.9 Å². The number of halogens is 1. The Morgan fingerprint density at radius 3 is 2.85 bits per heavy atom. The van der Waals surface area contributed by atoms with E-state index in [9.17, 15) is 9.59 Å². The molecule has 0 bridgehead atoms. The fourth-order valence-electron chi connectivity index (χ4n) is 2.73. The first kappa shape index (κ1) is 18.8. The molecule has 1 aliphatic carbocycles. The number of anilines is 1. The van der Waals surface area contributed by atoms with Gasteiger partial charge >= 0.3 is 0 Å². The van der Waals surface area contributed by atoms with E-state index in [4.69, 9.17) is 16.3 Å². The lowest BCUT2D eigenvalue weighted by Gasteiger charge is -2.11. The van der Waals surface area contributed by atoms with Crippen LogP contribution in [0.1, 0.15) is 40.5 Å². The molecule has 2 amide bonds. The molecule has 0 unspecified atom stereocenters. The van der Waals surface area contributed by atoms with Crippen molar-refractivity contribution in [1.29, 1.82) is 0 Å². The lowest BCUT2D eigenvalue weighted by molar-refractivity contribution is -0.126. The van der Waals surface area contributed by atoms with Crippen LogP contribution in [0.3, 0.4) is 0 Å². The third-order valence-corrected chi connectivity index (χ3v) is 5.05. The van der Waals surface area contributed by atoms with Crippen molar-refractivity contribution in [2.75, 3.05) is 11.9 Å². The van der Waals surface area contributed by atoms with Crippen molar-refractivity contribution < 1.29 is 14.3 Å². The zero-order valence-corrected chi connectivity index (χ0v) is 15.6. The topological polar surface area (TPSA) is 93.2 Å². The summed E-state index contributed by atoms with van der Waals surface area (Å²) in [6.45, 7) is 0.111. The van der Waals surface area contributed by atoms with Crippen LogP contribution in [0.15, 0.2) is 24.3 Å². The Morgan fingerprint density at radius 2 is 2.08 bits per heavy atom. The number of carbonyl (C=O) groups is 2. The van der Waals surface area contributed by atoms with Gasteiger partial charge in [-0.25, -0.2) is 0 Å². The van der Waals surface area contributed by atoms with E-state index >= 15 is 0 Å². The maximum absolute atomic E-state index is 12.2. The van der Waals surface area contributed by atoms with Crippen LogP contribution in [0.25, 0.3) is 0 Å². The summed E-state index contributed by atoms with van der Waals surface area (Å²) in [4.78, 5) is 24.0. The summed E-state index contributed by atoms with van der Waals surface area (Å²) >= 11 is 7.01. The van der Waals surface area contributed by atoms with Crippen molar-refractivity contribution >= 4 is 40.4 Å². The van der Waals surface area contributed by atoms with Gasteiger partial charge in [0.25, 0.3) is 5.91 Å². The molecule has 2 aromatic rings. The Bertz CT molecular complexity index is 777. The minimum absolute atomic E-state index is 0.0277. The van der Waals surface area contributed by atoms with E-state index in [1.807, 2.05) is 0 Å². The van der Waals surface area contributed by atoms with Gasteiger partial charge in [0.1, 0.15) is 18.2 Å². The molecule has 1 aromatic carbocycles. The molecule has 2 N–H and O–H groups in total. The van der Waals surface area contributed by atoms with Crippen LogP contribution in [0.4, 0.5) is 5.69 Å². The predicted octanol–water partition coefficient (Wildman–Crippen LogP) is 3.02. The molecule has 1 fully saturated rings. The third-order valence-electron chi connectivity index (χ3n) is 3.92. The number of nitrogens with one attached hydrogen (secondary N) is 2. The monoisotopic (exact) mass is 394 g/mol. The van der Waals surface area contributed by atoms with Gasteiger partial charge in [-0.05, 0) is 31.0 Å². The zero-order valence-electron chi connectivity index (χ0n) is 14.0. The van der Waals surface area contributed by atoms with Gasteiger partial charge in [-0.2, -0.15) is 0 Å². The van der Waals surface area contributed by atoms with E-state index in [2.05, 4.69) is 20.8 Å². The first-order valence-electron chi connectivity index (χ1n) is 8.36. The number of amides is 2. The average molecular weight is 395 g/mol. The summed E-state index contributed by atoms with van der Waals surface area (Å²) in [5.74, 6) is -0.490. The second kappa shape index (κ2) is 9.07. The van der Waals surface area contributed by atoms with Crippen LogP contribution in [0.2, 0.25) is 5.02 Å². The molecule has 138 valence electrons.